The van der Waals surface area contributed by atoms with Crippen molar-refractivity contribution in [2.75, 3.05) is 0 Å². The smallest absolute Gasteiger partial charge is 0.352 e. The van der Waals surface area contributed by atoms with Crippen molar-refractivity contribution in [2.45, 2.75) is 31.8 Å². The molecule has 2 heterocycles. The van der Waals surface area contributed by atoms with Gasteiger partial charge in [0.2, 0.25) is 5.91 Å². The average molecular weight is 196 g/mol. The summed E-state index contributed by atoms with van der Waals surface area (Å²) in [6, 6.07) is -0.602. The Bertz CT molecular complexity index is 348. The molecular formula is C9H12N2O3. The summed E-state index contributed by atoms with van der Waals surface area (Å²) in [7, 11) is 0. The van der Waals surface area contributed by atoms with Gasteiger partial charge in [-0.15, -0.1) is 0 Å². The molecule has 0 aromatic heterocycles. The monoisotopic (exact) mass is 196 g/mol. The van der Waals surface area contributed by atoms with Crippen LogP contribution in [0, 0.1) is 0 Å². The van der Waals surface area contributed by atoms with Crippen LogP contribution in [0.1, 0.15) is 19.8 Å². The zero-order valence-electron chi connectivity index (χ0n) is 7.86. The van der Waals surface area contributed by atoms with Gasteiger partial charge in [-0.25, -0.2) is 4.79 Å². The predicted octanol–water partition coefficient (Wildman–Crippen LogP) is -0.323. The SMILES string of the molecule is CC1=C(C(=O)O)N2C(=O)[C@@H](N)[C@H]2CC1. The van der Waals surface area contributed by atoms with Crippen LogP contribution in [0.3, 0.4) is 0 Å². The van der Waals surface area contributed by atoms with E-state index in [4.69, 9.17) is 10.8 Å². The Morgan fingerprint density at radius 2 is 2.29 bits per heavy atom. The number of nitrogens with zero attached hydrogens (tertiary/aromatic N) is 1. The van der Waals surface area contributed by atoms with Gasteiger partial charge in [-0.2, -0.15) is 0 Å². The fourth-order valence-electron chi connectivity index (χ4n) is 2.13. The van der Waals surface area contributed by atoms with Gasteiger partial charge in [0.25, 0.3) is 0 Å². The van der Waals surface area contributed by atoms with Gasteiger partial charge in [0.1, 0.15) is 11.7 Å². The number of hydrogen-bond acceptors (Lipinski definition) is 3. The van der Waals surface area contributed by atoms with E-state index in [0.717, 1.165) is 12.0 Å². The maximum atomic E-state index is 11.4. The second kappa shape index (κ2) is 2.81. The van der Waals surface area contributed by atoms with Gasteiger partial charge in [0.05, 0.1) is 6.04 Å². The third kappa shape index (κ3) is 0.988. The number of amides is 1. The van der Waals surface area contributed by atoms with Crippen LogP contribution in [0.2, 0.25) is 0 Å². The highest BCUT2D eigenvalue weighted by Crippen LogP contribution is 2.35. The first-order valence-corrected chi connectivity index (χ1v) is 4.55. The van der Waals surface area contributed by atoms with E-state index >= 15 is 0 Å². The molecule has 14 heavy (non-hydrogen) atoms. The number of β-lactam (4-membered cyclic amide) rings is 1. The van der Waals surface area contributed by atoms with Crippen LogP contribution in [0.5, 0.6) is 0 Å². The zero-order valence-corrected chi connectivity index (χ0v) is 7.86. The molecule has 0 saturated carbocycles. The maximum Gasteiger partial charge on any atom is 0.352 e. The van der Waals surface area contributed by atoms with Crippen molar-refractivity contribution in [3.8, 4) is 0 Å². The summed E-state index contributed by atoms with van der Waals surface area (Å²) in [5.41, 5.74) is 6.47. The van der Waals surface area contributed by atoms with Crippen molar-refractivity contribution in [1.29, 1.82) is 0 Å². The molecule has 1 saturated heterocycles. The number of carboxylic acid groups (broad SMARTS) is 1. The van der Waals surface area contributed by atoms with Gasteiger partial charge < -0.3 is 10.8 Å². The Labute approximate surface area is 81.2 Å². The number of fused-ring (bicyclic) bond motifs is 1. The molecule has 0 bridgehead atoms. The average Bonchev–Trinajstić information content (AvgIpc) is 2.15. The van der Waals surface area contributed by atoms with Crippen LogP contribution in [-0.4, -0.2) is 34.0 Å². The highest BCUT2D eigenvalue weighted by atomic mass is 16.4. The zero-order chi connectivity index (χ0) is 10.5. The van der Waals surface area contributed by atoms with Gasteiger partial charge in [-0.1, -0.05) is 0 Å². The number of carbonyl (C=O) groups excluding carboxylic acids is 1. The van der Waals surface area contributed by atoms with Crippen molar-refractivity contribution in [2.24, 2.45) is 5.73 Å². The number of nitrogens with two attached hydrogens (primary N) is 1. The summed E-state index contributed by atoms with van der Waals surface area (Å²) in [6.07, 6.45) is 1.49. The molecule has 2 aliphatic rings. The van der Waals surface area contributed by atoms with Gasteiger partial charge in [0, 0.05) is 0 Å². The molecule has 5 nitrogen and oxygen atoms in total. The molecule has 0 aromatic carbocycles. The summed E-state index contributed by atoms with van der Waals surface area (Å²) in [5, 5.41) is 8.94. The van der Waals surface area contributed by atoms with Crippen LogP contribution >= 0.6 is 0 Å². The van der Waals surface area contributed by atoms with Crippen LogP contribution in [0.25, 0.3) is 0 Å². The Hall–Kier alpha value is -1.36. The lowest BCUT2D eigenvalue weighted by atomic mass is 9.84. The van der Waals surface area contributed by atoms with E-state index in [0.29, 0.717) is 6.42 Å². The largest absolute Gasteiger partial charge is 0.477 e. The van der Waals surface area contributed by atoms with Crippen LogP contribution in [0.4, 0.5) is 0 Å². The maximum absolute atomic E-state index is 11.4. The molecule has 2 aliphatic heterocycles. The minimum absolute atomic E-state index is 0.0997. The van der Waals surface area contributed by atoms with Crippen molar-refractivity contribution in [3.05, 3.63) is 11.3 Å². The molecule has 2 atom stereocenters. The molecule has 0 unspecified atom stereocenters. The molecule has 1 fully saturated rings. The molecule has 0 spiro atoms. The second-order valence-electron chi connectivity index (χ2n) is 3.77. The molecule has 0 aromatic rings. The van der Waals surface area contributed by atoms with Gasteiger partial charge in [0.15, 0.2) is 0 Å². The number of allylic oxidation sites excluding steroid dienone is 1. The summed E-state index contributed by atoms with van der Waals surface area (Å²) in [4.78, 5) is 23.6. The standard InChI is InChI=1S/C9H12N2O3/c1-4-2-3-5-6(10)8(12)11(5)7(4)9(13)14/h5-6H,2-3,10H2,1H3,(H,13,14)/t5-,6+/m1/s1. The first-order valence-electron chi connectivity index (χ1n) is 4.55. The van der Waals surface area contributed by atoms with Crippen molar-refractivity contribution < 1.29 is 14.7 Å². The van der Waals surface area contributed by atoms with Crippen LogP contribution < -0.4 is 5.73 Å². The van der Waals surface area contributed by atoms with E-state index in [-0.39, 0.29) is 17.6 Å². The van der Waals surface area contributed by atoms with E-state index in [1.165, 1.54) is 4.90 Å². The molecular weight excluding hydrogens is 184 g/mol. The van der Waals surface area contributed by atoms with Crippen molar-refractivity contribution in [3.63, 3.8) is 0 Å². The number of hydrogen-bond donors (Lipinski definition) is 2. The van der Waals surface area contributed by atoms with Crippen LogP contribution in [0.15, 0.2) is 11.3 Å². The van der Waals surface area contributed by atoms with E-state index in [2.05, 4.69) is 0 Å². The first-order chi connectivity index (χ1) is 6.54. The summed E-state index contributed by atoms with van der Waals surface area (Å²) in [5.74, 6) is -1.31. The summed E-state index contributed by atoms with van der Waals surface area (Å²) >= 11 is 0. The molecule has 0 aliphatic carbocycles. The fourth-order valence-corrected chi connectivity index (χ4v) is 2.13. The minimum atomic E-state index is -1.03. The highest BCUT2D eigenvalue weighted by Gasteiger charge is 2.50. The molecule has 0 radical (unpaired) electrons. The van der Waals surface area contributed by atoms with Crippen molar-refractivity contribution in [1.82, 2.24) is 4.90 Å². The van der Waals surface area contributed by atoms with E-state index < -0.39 is 12.0 Å². The summed E-state index contributed by atoms with van der Waals surface area (Å²) in [6.45, 7) is 1.75. The van der Waals surface area contributed by atoms with E-state index in [1.807, 2.05) is 0 Å². The summed E-state index contributed by atoms with van der Waals surface area (Å²) < 4.78 is 0. The van der Waals surface area contributed by atoms with Gasteiger partial charge in [-0.3, -0.25) is 9.69 Å². The topological polar surface area (TPSA) is 83.6 Å². The molecule has 5 heteroatoms. The Morgan fingerprint density at radius 1 is 1.64 bits per heavy atom. The molecule has 1 amide bonds. The number of aliphatic carboxylic acids is 1. The van der Waals surface area contributed by atoms with Crippen molar-refractivity contribution >= 4 is 11.9 Å². The van der Waals surface area contributed by atoms with E-state index in [1.54, 1.807) is 6.92 Å². The predicted molar refractivity (Wildman–Crippen MR) is 48.2 cm³/mol. The third-order valence-corrected chi connectivity index (χ3v) is 2.93. The third-order valence-electron chi connectivity index (χ3n) is 2.93. The minimum Gasteiger partial charge on any atom is -0.477 e. The quantitative estimate of drug-likeness (QED) is 0.563. The normalized spacial score (nSPS) is 31.3. The Kier molecular flexibility index (Phi) is 1.85. The lowest BCUT2D eigenvalue weighted by molar-refractivity contribution is -0.152. The van der Waals surface area contributed by atoms with E-state index in [9.17, 15) is 9.59 Å². The Morgan fingerprint density at radius 3 is 2.86 bits per heavy atom. The van der Waals surface area contributed by atoms with Crippen LogP contribution in [-0.2, 0) is 9.59 Å². The molecule has 2 rings (SSSR count). The lowest BCUT2D eigenvalue weighted by Crippen LogP contribution is -2.69. The number of carbonyl (C=O) groups is 2. The molecule has 76 valence electrons. The Balaban J connectivity index is 2.37. The lowest BCUT2D eigenvalue weighted by Gasteiger charge is -2.48. The van der Waals surface area contributed by atoms with Gasteiger partial charge >= 0.3 is 5.97 Å². The second-order valence-corrected chi connectivity index (χ2v) is 3.77. The molecule has 3 N–H and O–H groups in total. The number of carboxylic acids is 1. The fraction of sp³-hybridized carbons (Fsp3) is 0.556. The highest BCUT2D eigenvalue weighted by molar-refractivity contribution is 5.99. The van der Waals surface area contributed by atoms with Gasteiger partial charge in [-0.05, 0) is 25.3 Å². The first kappa shape index (κ1) is 9.21. The number of rotatable bonds is 1.